The summed E-state index contributed by atoms with van der Waals surface area (Å²) in [4.78, 5) is 0. The molecular weight excluding hydrogens is 488 g/mol. The van der Waals surface area contributed by atoms with Crippen molar-refractivity contribution in [3.05, 3.63) is 95.5 Å². The Morgan fingerprint density at radius 3 is 1.53 bits per heavy atom. The van der Waals surface area contributed by atoms with E-state index in [0.717, 1.165) is 81.4 Å². The molecule has 0 saturated heterocycles. The SMILES string of the molecule is Brc1ccc2oc3cc4c(cc3c2c1)oc1ccc(-c2ccc3oc5ccccc5c3c2)cc14. The van der Waals surface area contributed by atoms with E-state index in [2.05, 4.69) is 76.6 Å². The van der Waals surface area contributed by atoms with Crippen LogP contribution in [0.1, 0.15) is 0 Å². The lowest BCUT2D eigenvalue weighted by molar-refractivity contribution is 0.664. The zero-order chi connectivity index (χ0) is 22.4. The Bertz CT molecular complexity index is 2090. The predicted octanol–water partition coefficient (Wildman–Crippen LogP) is 9.81. The van der Waals surface area contributed by atoms with Gasteiger partial charge in [-0.15, -0.1) is 0 Å². The third kappa shape index (κ3) is 2.52. The maximum absolute atomic E-state index is 6.25. The van der Waals surface area contributed by atoms with Gasteiger partial charge in [-0.05, 0) is 71.8 Å². The van der Waals surface area contributed by atoms with Gasteiger partial charge in [-0.2, -0.15) is 0 Å². The van der Waals surface area contributed by atoms with Crippen LogP contribution < -0.4 is 0 Å². The van der Waals surface area contributed by atoms with Crippen LogP contribution >= 0.6 is 15.9 Å². The van der Waals surface area contributed by atoms with E-state index in [1.165, 1.54) is 0 Å². The molecule has 0 spiro atoms. The van der Waals surface area contributed by atoms with Crippen LogP contribution in [0.5, 0.6) is 0 Å². The zero-order valence-electron chi connectivity index (χ0n) is 17.8. The molecule has 8 aromatic rings. The maximum atomic E-state index is 6.25. The monoisotopic (exact) mass is 502 g/mol. The lowest BCUT2D eigenvalue weighted by atomic mass is 10.0. The number of hydrogen-bond acceptors (Lipinski definition) is 3. The van der Waals surface area contributed by atoms with Crippen LogP contribution in [0.3, 0.4) is 0 Å². The molecule has 0 aliphatic rings. The van der Waals surface area contributed by atoms with Crippen molar-refractivity contribution in [1.29, 1.82) is 0 Å². The summed E-state index contributed by atoms with van der Waals surface area (Å²) in [5.41, 5.74) is 7.55. The molecule has 0 saturated carbocycles. The van der Waals surface area contributed by atoms with Gasteiger partial charge in [0.15, 0.2) is 0 Å². The van der Waals surface area contributed by atoms with Crippen LogP contribution in [0.4, 0.5) is 0 Å². The molecule has 0 aliphatic heterocycles. The van der Waals surface area contributed by atoms with Crippen molar-refractivity contribution < 1.29 is 13.3 Å². The minimum Gasteiger partial charge on any atom is -0.456 e. The fourth-order valence-electron chi connectivity index (χ4n) is 5.10. The molecule has 8 rings (SSSR count). The van der Waals surface area contributed by atoms with Crippen molar-refractivity contribution in [1.82, 2.24) is 0 Å². The fourth-order valence-corrected chi connectivity index (χ4v) is 5.46. The Hall–Kier alpha value is -4.02. The highest BCUT2D eigenvalue weighted by molar-refractivity contribution is 9.10. The van der Waals surface area contributed by atoms with Gasteiger partial charge in [0.1, 0.15) is 33.5 Å². The summed E-state index contributed by atoms with van der Waals surface area (Å²) in [6, 6.07) is 31.2. The lowest BCUT2D eigenvalue weighted by Gasteiger charge is -2.02. The molecule has 3 heterocycles. The molecule has 4 heteroatoms. The van der Waals surface area contributed by atoms with E-state index in [4.69, 9.17) is 13.3 Å². The fraction of sp³-hybridized carbons (Fsp3) is 0. The van der Waals surface area contributed by atoms with Crippen molar-refractivity contribution in [2.75, 3.05) is 0 Å². The molecule has 0 bridgehead atoms. The summed E-state index contributed by atoms with van der Waals surface area (Å²) in [6.45, 7) is 0. The van der Waals surface area contributed by atoms with Crippen molar-refractivity contribution >= 4 is 81.7 Å². The van der Waals surface area contributed by atoms with E-state index < -0.39 is 0 Å². The first-order valence-electron chi connectivity index (χ1n) is 11.1. The lowest BCUT2D eigenvalue weighted by Crippen LogP contribution is -1.78. The molecular formula is C30H15BrO3. The third-order valence-corrected chi connectivity index (χ3v) is 7.23. The molecule has 3 aromatic heterocycles. The Morgan fingerprint density at radius 1 is 0.382 bits per heavy atom. The first kappa shape index (κ1) is 18.4. The minimum absolute atomic E-state index is 0.860. The number of rotatable bonds is 1. The van der Waals surface area contributed by atoms with Crippen LogP contribution in [0.2, 0.25) is 0 Å². The number of para-hydroxylation sites is 1. The van der Waals surface area contributed by atoms with Crippen molar-refractivity contribution in [3.8, 4) is 11.1 Å². The molecule has 34 heavy (non-hydrogen) atoms. The summed E-state index contributed by atoms with van der Waals surface area (Å²) in [7, 11) is 0. The van der Waals surface area contributed by atoms with Gasteiger partial charge in [-0.25, -0.2) is 0 Å². The van der Waals surface area contributed by atoms with E-state index in [-0.39, 0.29) is 0 Å². The number of fused-ring (bicyclic) bond motifs is 9. The standard InChI is InChI=1S/C30H15BrO3/c31-18-7-10-28-22(13-18)24-15-29-23(14-30(24)34-28)21-12-17(6-9-27(21)33-29)16-5-8-26-20(11-16)19-3-1-2-4-25(19)32-26/h1-15H. The smallest absolute Gasteiger partial charge is 0.136 e. The third-order valence-electron chi connectivity index (χ3n) is 6.73. The summed E-state index contributed by atoms with van der Waals surface area (Å²) >= 11 is 3.57. The highest BCUT2D eigenvalue weighted by atomic mass is 79.9. The maximum Gasteiger partial charge on any atom is 0.136 e. The average Bonchev–Trinajstić information content (AvgIpc) is 3.52. The van der Waals surface area contributed by atoms with Crippen molar-refractivity contribution in [3.63, 3.8) is 0 Å². The highest BCUT2D eigenvalue weighted by Crippen LogP contribution is 2.39. The molecule has 0 fully saturated rings. The normalized spacial score (nSPS) is 12.3. The molecule has 0 amide bonds. The van der Waals surface area contributed by atoms with Gasteiger partial charge in [0, 0.05) is 36.8 Å². The Kier molecular flexibility index (Phi) is 3.53. The summed E-state index contributed by atoms with van der Waals surface area (Å²) in [6.07, 6.45) is 0. The van der Waals surface area contributed by atoms with Crippen molar-refractivity contribution in [2.24, 2.45) is 0 Å². The van der Waals surface area contributed by atoms with Crippen LogP contribution in [-0.4, -0.2) is 0 Å². The van der Waals surface area contributed by atoms with Crippen LogP contribution in [0.25, 0.3) is 76.9 Å². The Morgan fingerprint density at radius 2 is 0.853 bits per heavy atom. The van der Waals surface area contributed by atoms with Gasteiger partial charge >= 0.3 is 0 Å². The second kappa shape index (κ2) is 6.52. The van der Waals surface area contributed by atoms with Crippen LogP contribution in [0, 0.1) is 0 Å². The summed E-state index contributed by atoms with van der Waals surface area (Å²) in [5, 5.41) is 6.52. The predicted molar refractivity (Wildman–Crippen MR) is 141 cm³/mol. The number of halogens is 1. The second-order valence-corrected chi connectivity index (χ2v) is 9.62. The Labute approximate surface area is 201 Å². The summed E-state index contributed by atoms with van der Waals surface area (Å²) < 4.78 is 19.4. The Balaban J connectivity index is 1.36. The zero-order valence-corrected chi connectivity index (χ0v) is 19.3. The van der Waals surface area contributed by atoms with Gasteiger partial charge in [0.2, 0.25) is 0 Å². The molecule has 3 nitrogen and oxygen atoms in total. The second-order valence-electron chi connectivity index (χ2n) is 8.71. The highest BCUT2D eigenvalue weighted by Gasteiger charge is 2.15. The number of benzene rings is 5. The van der Waals surface area contributed by atoms with Gasteiger partial charge in [0.05, 0.1) is 0 Å². The van der Waals surface area contributed by atoms with Crippen LogP contribution in [0.15, 0.2) is 109 Å². The molecule has 0 atom stereocenters. The number of furan rings is 3. The average molecular weight is 503 g/mol. The molecule has 0 unspecified atom stereocenters. The minimum atomic E-state index is 0.860. The van der Waals surface area contributed by atoms with E-state index >= 15 is 0 Å². The molecule has 5 aromatic carbocycles. The van der Waals surface area contributed by atoms with E-state index in [1.807, 2.05) is 30.3 Å². The van der Waals surface area contributed by atoms with E-state index in [9.17, 15) is 0 Å². The molecule has 160 valence electrons. The van der Waals surface area contributed by atoms with Gasteiger partial charge < -0.3 is 13.3 Å². The molecule has 0 aliphatic carbocycles. The quantitative estimate of drug-likeness (QED) is 0.224. The van der Waals surface area contributed by atoms with Crippen molar-refractivity contribution in [2.45, 2.75) is 0 Å². The largest absolute Gasteiger partial charge is 0.456 e. The van der Waals surface area contributed by atoms with Crippen LogP contribution in [-0.2, 0) is 0 Å². The molecule has 0 N–H and O–H groups in total. The van der Waals surface area contributed by atoms with Gasteiger partial charge in [0.25, 0.3) is 0 Å². The first-order valence-corrected chi connectivity index (χ1v) is 11.9. The topological polar surface area (TPSA) is 39.4 Å². The van der Waals surface area contributed by atoms with Gasteiger partial charge in [-0.3, -0.25) is 0 Å². The summed E-state index contributed by atoms with van der Waals surface area (Å²) in [5.74, 6) is 0. The number of hydrogen-bond donors (Lipinski definition) is 0. The first-order chi connectivity index (χ1) is 16.7. The molecule has 0 radical (unpaired) electrons. The van der Waals surface area contributed by atoms with E-state index in [1.54, 1.807) is 0 Å². The van der Waals surface area contributed by atoms with Gasteiger partial charge in [-0.1, -0.05) is 46.3 Å². The van der Waals surface area contributed by atoms with E-state index in [0.29, 0.717) is 0 Å².